The first-order valence-electron chi connectivity index (χ1n) is 4.88. The van der Waals surface area contributed by atoms with E-state index in [2.05, 4.69) is 0 Å². The number of carboxylic acids is 1. The summed E-state index contributed by atoms with van der Waals surface area (Å²) in [7, 11) is 0. The molecule has 0 aliphatic carbocycles. The number of alkyl halides is 2. The first-order chi connectivity index (χ1) is 6.91. The highest BCUT2D eigenvalue weighted by Crippen LogP contribution is 2.33. The fourth-order valence-corrected chi connectivity index (χ4v) is 2.01. The summed E-state index contributed by atoms with van der Waals surface area (Å²) in [5.74, 6) is -4.01. The summed E-state index contributed by atoms with van der Waals surface area (Å²) in [4.78, 5) is 12.0. The van der Waals surface area contributed by atoms with Crippen LogP contribution in [0.2, 0.25) is 0 Å². The van der Waals surface area contributed by atoms with Gasteiger partial charge >= 0.3 is 5.97 Å². The van der Waals surface area contributed by atoms with E-state index in [0.717, 1.165) is 0 Å². The van der Waals surface area contributed by atoms with Crippen molar-refractivity contribution in [1.29, 1.82) is 0 Å². The molecule has 1 heterocycles. The minimum atomic E-state index is -2.89. The molecule has 0 saturated carbocycles. The van der Waals surface area contributed by atoms with Crippen molar-refractivity contribution in [2.75, 3.05) is 13.2 Å². The SMILES string of the molecule is CC[C@H](C(=O)O)N1CC(F)(F)C[C@@H]1CO. The predicted octanol–water partition coefficient (Wildman–Crippen LogP) is 0.552. The largest absolute Gasteiger partial charge is 0.480 e. The van der Waals surface area contributed by atoms with Gasteiger partial charge in [-0.05, 0) is 6.42 Å². The normalized spacial score (nSPS) is 27.9. The van der Waals surface area contributed by atoms with E-state index in [1.54, 1.807) is 6.92 Å². The number of likely N-dealkylation sites (tertiary alicyclic amines) is 1. The Balaban J connectivity index is 2.79. The van der Waals surface area contributed by atoms with Crippen LogP contribution in [0.3, 0.4) is 0 Å². The number of nitrogens with zero attached hydrogens (tertiary/aromatic N) is 1. The topological polar surface area (TPSA) is 60.8 Å². The Morgan fingerprint density at radius 1 is 1.67 bits per heavy atom. The van der Waals surface area contributed by atoms with Crippen LogP contribution >= 0.6 is 0 Å². The Kier molecular flexibility index (Phi) is 3.62. The van der Waals surface area contributed by atoms with Crippen molar-refractivity contribution in [2.24, 2.45) is 0 Å². The molecular weight excluding hydrogens is 208 g/mol. The van der Waals surface area contributed by atoms with E-state index in [1.807, 2.05) is 0 Å². The summed E-state index contributed by atoms with van der Waals surface area (Å²) in [5.41, 5.74) is 0. The molecule has 15 heavy (non-hydrogen) atoms. The average molecular weight is 223 g/mol. The van der Waals surface area contributed by atoms with Gasteiger partial charge in [0.15, 0.2) is 0 Å². The lowest BCUT2D eigenvalue weighted by Gasteiger charge is -2.27. The summed E-state index contributed by atoms with van der Waals surface area (Å²) in [6.07, 6.45) is -0.213. The predicted molar refractivity (Wildman–Crippen MR) is 48.9 cm³/mol. The van der Waals surface area contributed by atoms with Crippen molar-refractivity contribution in [3.63, 3.8) is 0 Å². The number of hydrogen-bond acceptors (Lipinski definition) is 3. The van der Waals surface area contributed by atoms with Crippen molar-refractivity contribution in [1.82, 2.24) is 4.90 Å². The quantitative estimate of drug-likeness (QED) is 0.730. The Morgan fingerprint density at radius 2 is 2.27 bits per heavy atom. The van der Waals surface area contributed by atoms with Gasteiger partial charge < -0.3 is 10.2 Å². The molecule has 1 aliphatic rings. The minimum Gasteiger partial charge on any atom is -0.480 e. The molecule has 0 unspecified atom stereocenters. The van der Waals surface area contributed by atoms with Crippen LogP contribution in [0, 0.1) is 0 Å². The lowest BCUT2D eigenvalue weighted by molar-refractivity contribution is -0.144. The summed E-state index contributed by atoms with van der Waals surface area (Å²) in [5, 5.41) is 17.8. The summed E-state index contributed by atoms with van der Waals surface area (Å²) < 4.78 is 26.1. The van der Waals surface area contributed by atoms with Gasteiger partial charge in [-0.3, -0.25) is 9.69 Å². The third kappa shape index (κ3) is 2.63. The number of aliphatic hydroxyl groups excluding tert-OH is 1. The smallest absolute Gasteiger partial charge is 0.320 e. The maximum absolute atomic E-state index is 13.0. The van der Waals surface area contributed by atoms with Crippen molar-refractivity contribution < 1.29 is 23.8 Å². The fourth-order valence-electron chi connectivity index (χ4n) is 2.01. The van der Waals surface area contributed by atoms with Crippen LogP contribution in [0.4, 0.5) is 8.78 Å². The second-order valence-corrected chi connectivity index (χ2v) is 3.83. The molecule has 0 bridgehead atoms. The molecule has 2 N–H and O–H groups in total. The van der Waals surface area contributed by atoms with Crippen molar-refractivity contribution in [3.8, 4) is 0 Å². The summed E-state index contributed by atoms with van der Waals surface area (Å²) in [6.45, 7) is 0.617. The molecule has 88 valence electrons. The highest BCUT2D eigenvalue weighted by atomic mass is 19.3. The van der Waals surface area contributed by atoms with Crippen LogP contribution in [0.15, 0.2) is 0 Å². The third-order valence-corrected chi connectivity index (χ3v) is 2.70. The summed E-state index contributed by atoms with van der Waals surface area (Å²) in [6, 6.07) is -1.68. The van der Waals surface area contributed by atoms with E-state index in [4.69, 9.17) is 10.2 Å². The zero-order chi connectivity index (χ0) is 11.6. The van der Waals surface area contributed by atoms with Crippen LogP contribution in [0.25, 0.3) is 0 Å². The molecule has 0 radical (unpaired) electrons. The lowest BCUT2D eigenvalue weighted by Crippen LogP contribution is -2.45. The average Bonchev–Trinajstić information content (AvgIpc) is 2.42. The van der Waals surface area contributed by atoms with Crippen molar-refractivity contribution in [2.45, 2.75) is 37.8 Å². The molecule has 1 rings (SSSR count). The van der Waals surface area contributed by atoms with Crippen LogP contribution in [0.5, 0.6) is 0 Å². The highest BCUT2D eigenvalue weighted by Gasteiger charge is 2.48. The fraction of sp³-hybridized carbons (Fsp3) is 0.889. The number of hydrogen-bond donors (Lipinski definition) is 2. The van der Waals surface area contributed by atoms with Gasteiger partial charge in [-0.15, -0.1) is 0 Å². The zero-order valence-electron chi connectivity index (χ0n) is 8.49. The van der Waals surface area contributed by atoms with E-state index in [9.17, 15) is 13.6 Å². The van der Waals surface area contributed by atoms with Gasteiger partial charge in [0.05, 0.1) is 13.2 Å². The van der Waals surface area contributed by atoms with Crippen LogP contribution in [-0.4, -0.2) is 52.2 Å². The molecule has 0 spiro atoms. The van der Waals surface area contributed by atoms with E-state index < -0.39 is 43.5 Å². The molecule has 1 aliphatic heterocycles. The molecule has 4 nitrogen and oxygen atoms in total. The van der Waals surface area contributed by atoms with Gasteiger partial charge in [0.2, 0.25) is 0 Å². The van der Waals surface area contributed by atoms with Crippen LogP contribution in [-0.2, 0) is 4.79 Å². The first kappa shape index (κ1) is 12.3. The van der Waals surface area contributed by atoms with Gasteiger partial charge in [-0.25, -0.2) is 8.78 Å². The molecular formula is C9H15F2NO3. The van der Waals surface area contributed by atoms with Gasteiger partial charge in [0.1, 0.15) is 6.04 Å². The molecule has 6 heteroatoms. The summed E-state index contributed by atoms with van der Waals surface area (Å²) >= 11 is 0. The Morgan fingerprint density at radius 3 is 2.67 bits per heavy atom. The molecule has 0 aromatic heterocycles. The monoisotopic (exact) mass is 223 g/mol. The first-order valence-corrected chi connectivity index (χ1v) is 4.88. The van der Waals surface area contributed by atoms with Gasteiger partial charge in [-0.2, -0.15) is 0 Å². The van der Waals surface area contributed by atoms with Crippen molar-refractivity contribution in [3.05, 3.63) is 0 Å². The number of aliphatic hydroxyl groups is 1. The number of rotatable bonds is 4. The van der Waals surface area contributed by atoms with E-state index in [1.165, 1.54) is 4.90 Å². The number of carbonyl (C=O) groups is 1. The van der Waals surface area contributed by atoms with E-state index >= 15 is 0 Å². The maximum Gasteiger partial charge on any atom is 0.320 e. The molecule has 0 aromatic rings. The molecule has 0 aromatic carbocycles. The standard InChI is InChI=1S/C9H15F2NO3/c1-2-7(8(14)15)12-5-9(10,11)3-6(12)4-13/h6-7,13H,2-5H2,1H3,(H,14,15)/t6-,7-/m1/s1. The Hall–Kier alpha value is -0.750. The minimum absolute atomic E-state index is 0.252. The van der Waals surface area contributed by atoms with E-state index in [-0.39, 0.29) is 6.42 Å². The zero-order valence-corrected chi connectivity index (χ0v) is 8.49. The molecule has 1 saturated heterocycles. The van der Waals surface area contributed by atoms with Crippen LogP contribution in [0.1, 0.15) is 19.8 Å². The number of halogens is 2. The molecule has 2 atom stereocenters. The lowest BCUT2D eigenvalue weighted by atomic mass is 10.1. The van der Waals surface area contributed by atoms with Gasteiger partial charge in [0, 0.05) is 12.5 Å². The van der Waals surface area contributed by atoms with E-state index in [0.29, 0.717) is 0 Å². The molecule has 1 fully saturated rings. The maximum atomic E-state index is 13.0. The second-order valence-electron chi connectivity index (χ2n) is 3.83. The number of aliphatic carboxylic acids is 1. The van der Waals surface area contributed by atoms with Gasteiger partial charge in [0.25, 0.3) is 5.92 Å². The van der Waals surface area contributed by atoms with Gasteiger partial charge in [-0.1, -0.05) is 6.92 Å². The number of carboxylic acid groups (broad SMARTS) is 1. The molecule has 0 amide bonds. The third-order valence-electron chi connectivity index (χ3n) is 2.70. The Labute approximate surface area is 86.5 Å². The second kappa shape index (κ2) is 4.40. The van der Waals surface area contributed by atoms with Crippen molar-refractivity contribution >= 4 is 5.97 Å². The highest BCUT2D eigenvalue weighted by molar-refractivity contribution is 5.73. The van der Waals surface area contributed by atoms with Crippen LogP contribution < -0.4 is 0 Å². The Bertz CT molecular complexity index is 248.